The van der Waals surface area contributed by atoms with Crippen molar-refractivity contribution in [1.29, 1.82) is 0 Å². The fourth-order valence-corrected chi connectivity index (χ4v) is 19.2. The molecule has 0 saturated heterocycles. The third-order valence-corrected chi connectivity index (χ3v) is 20.5. The molecule has 0 bridgehead atoms. The summed E-state index contributed by atoms with van der Waals surface area (Å²) in [7, 11) is 0. The molecule has 0 amide bonds. The summed E-state index contributed by atoms with van der Waals surface area (Å²) in [5, 5.41) is 0. The Bertz CT molecular complexity index is 392. The molecule has 1 heterocycles. The minimum atomic E-state index is -2.23. The van der Waals surface area contributed by atoms with Crippen molar-refractivity contribution in [3.63, 3.8) is 0 Å². The topological polar surface area (TPSA) is 12.9 Å². The molecule has 0 aromatic carbocycles. The van der Waals surface area contributed by atoms with Gasteiger partial charge in [0.2, 0.25) is 0 Å². The summed E-state index contributed by atoms with van der Waals surface area (Å²) in [5.41, 5.74) is 2.61. The van der Waals surface area contributed by atoms with Crippen LogP contribution in [0.4, 0.5) is 0 Å². The van der Waals surface area contributed by atoms with Crippen molar-refractivity contribution in [3.05, 3.63) is 23.5 Å². The zero-order valence-electron chi connectivity index (χ0n) is 15.0. The van der Waals surface area contributed by atoms with Crippen LogP contribution in [0.1, 0.15) is 70.6 Å². The van der Waals surface area contributed by atoms with Gasteiger partial charge < -0.3 is 0 Å². The summed E-state index contributed by atoms with van der Waals surface area (Å²) in [6.45, 7) is 11.4. The van der Waals surface area contributed by atoms with Crippen molar-refractivity contribution in [2.45, 2.75) is 86.5 Å². The molecule has 0 atom stereocenters. The van der Waals surface area contributed by atoms with Gasteiger partial charge in [0.25, 0.3) is 0 Å². The Hall–Kier alpha value is -0.0513. The number of aryl methyl sites for hydroxylation is 2. The molecule has 0 aliphatic rings. The second-order valence-electron chi connectivity index (χ2n) is 6.72. The first kappa shape index (κ1) is 19.0. The summed E-state index contributed by atoms with van der Waals surface area (Å²) in [6.07, 6.45) is 10.6. The van der Waals surface area contributed by atoms with Crippen molar-refractivity contribution < 1.29 is 0 Å². The summed E-state index contributed by atoms with van der Waals surface area (Å²) in [5.74, 6) is 0. The maximum atomic E-state index is 4.72. The van der Waals surface area contributed by atoms with E-state index in [1.54, 1.807) is 3.58 Å². The summed E-state index contributed by atoms with van der Waals surface area (Å²) >= 11 is -2.23. The Kier molecular flexibility index (Phi) is 8.92. The van der Waals surface area contributed by atoms with Gasteiger partial charge >= 0.3 is 137 Å². The van der Waals surface area contributed by atoms with E-state index >= 15 is 0 Å². The average molecular weight is 396 g/mol. The van der Waals surface area contributed by atoms with Gasteiger partial charge in [-0.2, -0.15) is 0 Å². The SMILES string of the molecule is CCC[CH2][Sn]([CH2]CCC)([CH2]CCC)[c]1cnc(C)c(C)c1. The van der Waals surface area contributed by atoms with Crippen LogP contribution in [0.25, 0.3) is 0 Å². The van der Waals surface area contributed by atoms with E-state index in [1.165, 1.54) is 63.1 Å². The van der Waals surface area contributed by atoms with E-state index in [0.717, 1.165) is 0 Å². The molecule has 2 heteroatoms. The first-order valence-corrected chi connectivity index (χ1v) is 16.5. The Balaban J connectivity index is 3.12. The molecular formula is C19H35NSn. The zero-order valence-corrected chi connectivity index (χ0v) is 17.8. The van der Waals surface area contributed by atoms with E-state index in [9.17, 15) is 0 Å². The van der Waals surface area contributed by atoms with Gasteiger partial charge in [-0.05, 0) is 0 Å². The van der Waals surface area contributed by atoms with Gasteiger partial charge in [-0.15, -0.1) is 0 Å². The molecule has 0 spiro atoms. The van der Waals surface area contributed by atoms with Crippen LogP contribution < -0.4 is 3.58 Å². The third-order valence-electron chi connectivity index (χ3n) is 4.98. The van der Waals surface area contributed by atoms with Gasteiger partial charge in [0.15, 0.2) is 0 Å². The molecule has 120 valence electrons. The van der Waals surface area contributed by atoms with Crippen LogP contribution >= 0.6 is 0 Å². The molecule has 0 aliphatic heterocycles. The summed E-state index contributed by atoms with van der Waals surface area (Å²) < 4.78 is 6.32. The van der Waals surface area contributed by atoms with Crippen molar-refractivity contribution in [1.82, 2.24) is 4.98 Å². The molecular weight excluding hydrogens is 361 g/mol. The van der Waals surface area contributed by atoms with Gasteiger partial charge in [0.05, 0.1) is 0 Å². The number of unbranched alkanes of at least 4 members (excludes halogenated alkanes) is 3. The number of rotatable bonds is 10. The third kappa shape index (κ3) is 5.58. The van der Waals surface area contributed by atoms with Gasteiger partial charge in [-0.3, -0.25) is 0 Å². The molecule has 0 radical (unpaired) electrons. The molecule has 1 nitrogen and oxygen atoms in total. The van der Waals surface area contributed by atoms with E-state index < -0.39 is 18.4 Å². The average Bonchev–Trinajstić information content (AvgIpc) is 2.50. The molecule has 1 rings (SSSR count). The van der Waals surface area contributed by atoms with Crippen molar-refractivity contribution >= 4 is 22.0 Å². The second-order valence-corrected chi connectivity index (χ2v) is 20.0. The van der Waals surface area contributed by atoms with Crippen LogP contribution in [0.3, 0.4) is 0 Å². The van der Waals surface area contributed by atoms with E-state index in [4.69, 9.17) is 4.98 Å². The normalized spacial score (nSPS) is 11.9. The predicted octanol–water partition coefficient (Wildman–Crippen LogP) is 5.75. The van der Waals surface area contributed by atoms with Crippen LogP contribution in [0.5, 0.6) is 0 Å². The fraction of sp³-hybridized carbons (Fsp3) is 0.737. The molecule has 1 aromatic rings. The maximum absolute atomic E-state index is 4.72. The quantitative estimate of drug-likeness (QED) is 0.459. The van der Waals surface area contributed by atoms with Crippen molar-refractivity contribution in [2.75, 3.05) is 0 Å². The molecule has 21 heavy (non-hydrogen) atoms. The Morgan fingerprint density at radius 1 is 0.857 bits per heavy atom. The zero-order chi connectivity index (χ0) is 15.7. The second kappa shape index (κ2) is 9.86. The van der Waals surface area contributed by atoms with Crippen LogP contribution in [0, 0.1) is 13.8 Å². The summed E-state index contributed by atoms with van der Waals surface area (Å²) in [4.78, 5) is 4.72. The number of aromatic nitrogens is 1. The van der Waals surface area contributed by atoms with Crippen LogP contribution in [-0.4, -0.2) is 23.4 Å². The van der Waals surface area contributed by atoms with Gasteiger partial charge in [-0.25, -0.2) is 0 Å². The standard InChI is InChI=1S/C7H8N.3C4H9.Sn/c1-6-4-3-5-8-7(6)2;3*1-3-4-2;/h4-5H,1-2H3;3*1,3-4H2,2H3;. The van der Waals surface area contributed by atoms with E-state index in [0.29, 0.717) is 0 Å². The number of hydrogen-bond acceptors (Lipinski definition) is 1. The predicted molar refractivity (Wildman–Crippen MR) is 98.2 cm³/mol. The van der Waals surface area contributed by atoms with Gasteiger partial charge in [0, 0.05) is 0 Å². The Morgan fingerprint density at radius 2 is 1.33 bits per heavy atom. The Morgan fingerprint density at radius 3 is 1.71 bits per heavy atom. The Labute approximate surface area is 136 Å². The molecule has 0 N–H and O–H groups in total. The first-order valence-electron chi connectivity index (χ1n) is 9.03. The van der Waals surface area contributed by atoms with Crippen molar-refractivity contribution in [3.8, 4) is 0 Å². The summed E-state index contributed by atoms with van der Waals surface area (Å²) in [6, 6.07) is 2.51. The van der Waals surface area contributed by atoms with Gasteiger partial charge in [-0.1, -0.05) is 0 Å². The van der Waals surface area contributed by atoms with Gasteiger partial charge in [0.1, 0.15) is 0 Å². The van der Waals surface area contributed by atoms with Crippen LogP contribution in [0.2, 0.25) is 13.3 Å². The monoisotopic (exact) mass is 397 g/mol. The first-order chi connectivity index (χ1) is 10.1. The molecule has 0 fully saturated rings. The molecule has 0 unspecified atom stereocenters. The number of nitrogens with zero attached hydrogens (tertiary/aromatic N) is 1. The molecule has 1 aromatic heterocycles. The molecule has 0 aliphatic carbocycles. The van der Waals surface area contributed by atoms with Crippen molar-refractivity contribution in [2.24, 2.45) is 0 Å². The van der Waals surface area contributed by atoms with E-state index in [2.05, 4.69) is 46.9 Å². The molecule has 0 saturated carbocycles. The van der Waals surface area contributed by atoms with Crippen LogP contribution in [0.15, 0.2) is 12.3 Å². The van der Waals surface area contributed by atoms with E-state index in [-0.39, 0.29) is 0 Å². The number of hydrogen-bond donors (Lipinski definition) is 0. The fourth-order valence-electron chi connectivity index (χ4n) is 3.29. The number of pyridine rings is 1. The van der Waals surface area contributed by atoms with Crippen LogP contribution in [-0.2, 0) is 0 Å². The minimum absolute atomic E-state index is 1.21. The van der Waals surface area contributed by atoms with E-state index in [1.807, 2.05) is 0 Å².